The molecule has 1 aliphatic heterocycles. The number of hydrogen-bond acceptors (Lipinski definition) is 5. The first kappa shape index (κ1) is 22.4. The minimum absolute atomic E-state index is 0.0197. The fourth-order valence-corrected chi connectivity index (χ4v) is 4.38. The molecule has 30 heavy (non-hydrogen) atoms. The van der Waals surface area contributed by atoms with Gasteiger partial charge in [-0.05, 0) is 62.2 Å². The predicted octanol–water partition coefficient (Wildman–Crippen LogP) is 3.51. The largest absolute Gasteiger partial charge is 0.440 e. The number of carbonyl (C=O) groups is 1. The Morgan fingerprint density at radius 3 is 2.43 bits per heavy atom. The summed E-state index contributed by atoms with van der Waals surface area (Å²) in [5.41, 5.74) is 0.0517. The van der Waals surface area contributed by atoms with E-state index in [2.05, 4.69) is 10.2 Å². The number of nitrogens with zero attached hydrogens (tertiary/aromatic N) is 1. The second-order valence-electron chi connectivity index (χ2n) is 7.55. The summed E-state index contributed by atoms with van der Waals surface area (Å²) in [6.45, 7) is 1.08. The normalized spacial score (nSPS) is 20.8. The van der Waals surface area contributed by atoms with E-state index in [-0.39, 0.29) is 29.4 Å². The third-order valence-electron chi connectivity index (χ3n) is 5.28. The molecule has 3 rings (SSSR count). The lowest BCUT2D eigenvalue weighted by Gasteiger charge is -2.39. The smallest absolute Gasteiger partial charge is 0.416 e. The second kappa shape index (κ2) is 8.43. The zero-order valence-corrected chi connectivity index (χ0v) is 17.4. The summed E-state index contributed by atoms with van der Waals surface area (Å²) >= 11 is 0. The first-order valence-electron chi connectivity index (χ1n) is 9.42. The summed E-state index contributed by atoms with van der Waals surface area (Å²) in [6, 6.07) is 7.48. The van der Waals surface area contributed by atoms with Crippen molar-refractivity contribution in [2.45, 2.75) is 30.2 Å². The Bertz CT molecular complexity index is 1000. The summed E-state index contributed by atoms with van der Waals surface area (Å²) in [4.78, 5) is 14.4. The number of hydrogen-bond donors (Lipinski definition) is 1. The third kappa shape index (κ3) is 5.04. The number of halogens is 3. The summed E-state index contributed by atoms with van der Waals surface area (Å²) in [5.74, 6) is -0.663. The molecular weight excluding hydrogens is 421 g/mol. The molecular formula is C20H23F3N2O4S. The molecule has 2 unspecified atom stereocenters. The van der Waals surface area contributed by atoms with Crippen molar-refractivity contribution in [2.75, 3.05) is 26.4 Å². The van der Waals surface area contributed by atoms with Crippen LogP contribution in [0, 0.1) is 5.92 Å². The molecule has 0 radical (unpaired) electrons. The van der Waals surface area contributed by atoms with Crippen LogP contribution in [0.3, 0.4) is 0 Å². The van der Waals surface area contributed by atoms with Gasteiger partial charge in [0.05, 0.1) is 5.56 Å². The molecule has 10 heteroatoms. The lowest BCUT2D eigenvalue weighted by atomic mass is 9.84. The van der Waals surface area contributed by atoms with Crippen LogP contribution in [0.4, 0.5) is 13.2 Å². The highest BCUT2D eigenvalue weighted by Gasteiger charge is 2.33. The molecule has 2 heterocycles. The van der Waals surface area contributed by atoms with Gasteiger partial charge in [-0.15, -0.1) is 0 Å². The first-order chi connectivity index (χ1) is 14.0. The van der Waals surface area contributed by atoms with Crippen molar-refractivity contribution in [3.63, 3.8) is 0 Å². The summed E-state index contributed by atoms with van der Waals surface area (Å²) in [7, 11) is -1.65. The molecule has 1 N–H and O–H groups in total. The number of sulfone groups is 1. The van der Waals surface area contributed by atoms with E-state index in [9.17, 15) is 26.4 Å². The number of benzene rings is 1. The Morgan fingerprint density at radius 1 is 1.20 bits per heavy atom. The number of carbonyl (C=O) groups excluding carboxylic acids is 1. The van der Waals surface area contributed by atoms with Crippen LogP contribution >= 0.6 is 0 Å². The van der Waals surface area contributed by atoms with Gasteiger partial charge in [0.1, 0.15) is 0 Å². The number of rotatable bonds is 5. The van der Waals surface area contributed by atoms with E-state index in [0.717, 1.165) is 43.3 Å². The van der Waals surface area contributed by atoms with Crippen molar-refractivity contribution in [2.24, 2.45) is 5.92 Å². The summed E-state index contributed by atoms with van der Waals surface area (Å²) in [6.07, 6.45) is -1.71. The molecule has 0 saturated carbocycles. The van der Waals surface area contributed by atoms with Gasteiger partial charge in [-0.25, -0.2) is 8.42 Å². The lowest BCUT2D eigenvalue weighted by molar-refractivity contribution is -0.137. The molecule has 0 spiro atoms. The average Bonchev–Trinajstić information content (AvgIpc) is 3.16. The molecule has 0 aliphatic carbocycles. The maximum Gasteiger partial charge on any atom is 0.416 e. The molecule has 1 saturated heterocycles. The van der Waals surface area contributed by atoms with Crippen molar-refractivity contribution in [3.8, 4) is 0 Å². The van der Waals surface area contributed by atoms with Gasteiger partial charge in [0.2, 0.25) is 14.9 Å². The van der Waals surface area contributed by atoms with Crippen molar-refractivity contribution in [3.05, 3.63) is 53.3 Å². The van der Waals surface area contributed by atoms with Crippen LogP contribution in [-0.2, 0) is 16.0 Å². The van der Waals surface area contributed by atoms with E-state index in [4.69, 9.17) is 4.42 Å². The molecule has 6 nitrogen and oxygen atoms in total. The van der Waals surface area contributed by atoms with Crippen LogP contribution in [0.15, 0.2) is 45.9 Å². The second-order valence-corrected chi connectivity index (χ2v) is 9.50. The van der Waals surface area contributed by atoms with Gasteiger partial charge in [-0.2, -0.15) is 13.2 Å². The number of furan rings is 1. The standard InChI is InChI=1S/C20H23F3N2O4S/c1-25-11-3-4-14(18(25)13-5-7-15(8-6-13)20(21,22)23)12-24-19(26)16-9-10-17(29-16)30(2,27)28/h5-10,14,18H,3-4,11-12H2,1-2H3,(H,24,26). The van der Waals surface area contributed by atoms with Crippen LogP contribution in [0.25, 0.3) is 0 Å². The van der Waals surface area contributed by atoms with Gasteiger partial charge in [0.15, 0.2) is 5.76 Å². The van der Waals surface area contributed by atoms with Crippen LogP contribution in [-0.4, -0.2) is 45.6 Å². The molecule has 0 bridgehead atoms. The SMILES string of the molecule is CN1CCCC(CNC(=O)c2ccc(S(C)(=O)=O)o2)C1c1ccc(C(F)(F)F)cc1. The first-order valence-corrected chi connectivity index (χ1v) is 11.3. The highest BCUT2D eigenvalue weighted by atomic mass is 32.2. The van der Waals surface area contributed by atoms with Gasteiger partial charge < -0.3 is 9.73 Å². The number of nitrogens with one attached hydrogen (secondary N) is 1. The van der Waals surface area contributed by atoms with Gasteiger partial charge in [-0.1, -0.05) is 12.1 Å². The van der Waals surface area contributed by atoms with Crippen molar-refractivity contribution < 1.29 is 30.8 Å². The maximum atomic E-state index is 12.9. The van der Waals surface area contributed by atoms with Crippen LogP contribution in [0.1, 0.15) is 40.6 Å². The van der Waals surface area contributed by atoms with Gasteiger partial charge in [-0.3, -0.25) is 9.69 Å². The van der Waals surface area contributed by atoms with Gasteiger partial charge in [0.25, 0.3) is 5.91 Å². The predicted molar refractivity (Wildman–Crippen MR) is 104 cm³/mol. The van der Waals surface area contributed by atoms with E-state index in [1.807, 2.05) is 7.05 Å². The van der Waals surface area contributed by atoms with E-state index < -0.39 is 27.5 Å². The Morgan fingerprint density at radius 2 is 1.87 bits per heavy atom. The van der Waals surface area contributed by atoms with Crippen molar-refractivity contribution in [1.82, 2.24) is 10.2 Å². The molecule has 1 aliphatic rings. The average molecular weight is 444 g/mol. The Balaban J connectivity index is 1.72. The van der Waals surface area contributed by atoms with Crippen LogP contribution in [0.2, 0.25) is 0 Å². The topological polar surface area (TPSA) is 79.6 Å². The number of alkyl halides is 3. The maximum absolute atomic E-state index is 12.9. The van der Waals surface area contributed by atoms with Crippen molar-refractivity contribution >= 4 is 15.7 Å². The number of piperidine rings is 1. The fraction of sp³-hybridized carbons (Fsp3) is 0.450. The number of amides is 1. The summed E-state index contributed by atoms with van der Waals surface area (Å²) < 4.78 is 66.7. The van der Waals surface area contributed by atoms with E-state index in [0.29, 0.717) is 0 Å². The Hall–Kier alpha value is -2.33. The van der Waals surface area contributed by atoms with Crippen LogP contribution in [0.5, 0.6) is 0 Å². The molecule has 2 aromatic rings. The summed E-state index contributed by atoms with van der Waals surface area (Å²) in [5, 5.41) is 2.47. The monoisotopic (exact) mass is 444 g/mol. The van der Waals surface area contributed by atoms with Crippen molar-refractivity contribution in [1.29, 1.82) is 0 Å². The Kier molecular flexibility index (Phi) is 6.28. The van der Waals surface area contributed by atoms with Crippen LogP contribution < -0.4 is 5.32 Å². The zero-order chi connectivity index (χ0) is 22.1. The van der Waals surface area contributed by atoms with Gasteiger partial charge >= 0.3 is 6.18 Å². The quantitative estimate of drug-likeness (QED) is 0.764. The molecule has 164 valence electrons. The number of likely N-dealkylation sites (tertiary alicyclic amines) is 1. The molecule has 1 amide bonds. The zero-order valence-electron chi connectivity index (χ0n) is 16.6. The highest BCUT2D eigenvalue weighted by molar-refractivity contribution is 7.90. The van der Waals surface area contributed by atoms with E-state index in [1.165, 1.54) is 24.3 Å². The highest BCUT2D eigenvalue weighted by Crippen LogP contribution is 2.36. The molecule has 1 fully saturated rings. The van der Waals surface area contributed by atoms with E-state index in [1.54, 1.807) is 0 Å². The van der Waals surface area contributed by atoms with E-state index >= 15 is 0 Å². The Labute approximate surface area is 173 Å². The van der Waals surface area contributed by atoms with Gasteiger partial charge in [0, 0.05) is 18.8 Å². The molecule has 1 aromatic heterocycles. The fourth-order valence-electron chi connectivity index (χ4n) is 3.82. The third-order valence-corrected chi connectivity index (χ3v) is 6.23. The minimum Gasteiger partial charge on any atom is -0.440 e. The lowest BCUT2D eigenvalue weighted by Crippen LogP contribution is -2.41. The molecule has 1 aromatic carbocycles. The molecule has 2 atom stereocenters. The minimum atomic E-state index is -4.39.